The number of nitrogens with two attached hydrogens (primary N) is 1. The lowest BCUT2D eigenvalue weighted by molar-refractivity contribution is 0.112. The van der Waals surface area contributed by atoms with Crippen LogP contribution in [0, 0.1) is 0 Å². The Bertz CT molecular complexity index is 82.4. The van der Waals surface area contributed by atoms with Crippen molar-refractivity contribution < 1.29 is 19.5 Å². The first-order valence-corrected chi connectivity index (χ1v) is 4.45. The van der Waals surface area contributed by atoms with Gasteiger partial charge in [-0.05, 0) is 13.0 Å². The van der Waals surface area contributed by atoms with Crippen molar-refractivity contribution in [3.8, 4) is 0 Å². The molecule has 56 valence electrons. The highest BCUT2D eigenvalue weighted by molar-refractivity contribution is 6.57. The molecule has 0 aliphatic rings. The maximum absolute atomic E-state index is 8.62. The van der Waals surface area contributed by atoms with Gasteiger partial charge in [0.2, 0.25) is 0 Å². The van der Waals surface area contributed by atoms with Gasteiger partial charge in [0.15, 0.2) is 0 Å². The molecule has 1 unspecified atom stereocenters. The van der Waals surface area contributed by atoms with Crippen molar-refractivity contribution in [1.82, 2.24) is 0 Å². The second kappa shape index (κ2) is 3.25. The number of aliphatic hydroxyl groups excluding tert-OH is 1. The first-order chi connectivity index (χ1) is 3.98. The largest absolute Gasteiger partial charge is 0.523 e. The van der Waals surface area contributed by atoms with Crippen LogP contribution in [0.25, 0.3) is 0 Å². The Balaban J connectivity index is 3.59. The summed E-state index contributed by atoms with van der Waals surface area (Å²) in [5.41, 5.74) is 3.50. The molecule has 0 saturated heterocycles. The monoisotopic (exact) mass is 153 g/mol. The molecular formula is C3H11NO4Si. The van der Waals surface area contributed by atoms with Crippen molar-refractivity contribution in [2.24, 2.45) is 5.73 Å². The Morgan fingerprint density at radius 2 is 1.78 bits per heavy atom. The molecule has 0 heterocycles. The van der Waals surface area contributed by atoms with Crippen molar-refractivity contribution in [2.45, 2.75) is 12.1 Å². The lowest BCUT2D eigenvalue weighted by atomic mass is 10.5. The van der Waals surface area contributed by atoms with E-state index in [9.17, 15) is 0 Å². The second-order valence-electron chi connectivity index (χ2n) is 1.78. The molecule has 5 nitrogen and oxygen atoms in total. The van der Waals surface area contributed by atoms with E-state index in [1.807, 2.05) is 0 Å². The molecule has 6 heteroatoms. The molecule has 0 radical (unpaired) electrons. The highest BCUT2D eigenvalue weighted by Crippen LogP contribution is 1.98. The zero-order valence-corrected chi connectivity index (χ0v) is 5.86. The van der Waals surface area contributed by atoms with Gasteiger partial charge in [0.05, 0.1) is 0 Å². The van der Waals surface area contributed by atoms with Crippen LogP contribution in [0.5, 0.6) is 0 Å². The molecule has 0 aliphatic carbocycles. The van der Waals surface area contributed by atoms with Crippen molar-refractivity contribution >= 4 is 8.80 Å². The van der Waals surface area contributed by atoms with E-state index in [4.69, 9.17) is 25.2 Å². The Morgan fingerprint density at radius 1 is 1.33 bits per heavy atom. The van der Waals surface area contributed by atoms with Gasteiger partial charge < -0.3 is 25.2 Å². The summed E-state index contributed by atoms with van der Waals surface area (Å²) >= 11 is 0. The zero-order valence-electron chi connectivity index (χ0n) is 4.86. The predicted molar refractivity (Wildman–Crippen MR) is 32.1 cm³/mol. The van der Waals surface area contributed by atoms with Crippen LogP contribution in [0.3, 0.4) is 0 Å². The summed E-state index contributed by atoms with van der Waals surface area (Å²) in [6, 6.07) is 0. The van der Waals surface area contributed by atoms with E-state index in [0.29, 0.717) is 0 Å². The Kier molecular flexibility index (Phi) is 3.26. The summed E-state index contributed by atoms with van der Waals surface area (Å²) in [7, 11) is -4.31. The fourth-order valence-electron chi connectivity index (χ4n) is 0.352. The average molecular weight is 153 g/mol. The Labute approximate surface area is 53.7 Å². The third-order valence-electron chi connectivity index (χ3n) is 0.887. The van der Waals surface area contributed by atoms with E-state index < -0.39 is 14.5 Å². The van der Waals surface area contributed by atoms with E-state index >= 15 is 0 Å². The topological polar surface area (TPSA) is 107 Å². The molecule has 0 aromatic heterocycles. The second-order valence-corrected chi connectivity index (χ2v) is 3.82. The number of hydrogen-bond acceptors (Lipinski definition) is 5. The quantitative estimate of drug-likeness (QED) is 0.281. The van der Waals surface area contributed by atoms with Crippen LogP contribution in [0.2, 0.25) is 0 Å². The molecule has 0 aliphatic heterocycles. The van der Waals surface area contributed by atoms with E-state index in [-0.39, 0.29) is 13.0 Å². The van der Waals surface area contributed by atoms with Crippen molar-refractivity contribution in [3.05, 3.63) is 0 Å². The number of hydrogen-bond donors (Lipinski definition) is 5. The van der Waals surface area contributed by atoms with Gasteiger partial charge in [0.1, 0.15) is 5.73 Å². The number of rotatable bonds is 3. The van der Waals surface area contributed by atoms with Crippen molar-refractivity contribution in [2.75, 3.05) is 6.54 Å². The summed E-state index contributed by atoms with van der Waals surface area (Å²) < 4.78 is 0. The molecule has 6 N–H and O–H groups in total. The summed E-state index contributed by atoms with van der Waals surface area (Å²) in [4.78, 5) is 25.1. The Morgan fingerprint density at radius 3 is 1.89 bits per heavy atom. The summed E-state index contributed by atoms with van der Waals surface area (Å²) in [5, 5.41) is 8.62. The van der Waals surface area contributed by atoms with E-state index in [1.165, 1.54) is 0 Å². The molecular weight excluding hydrogens is 142 g/mol. The minimum Gasteiger partial charge on any atom is -0.389 e. The predicted octanol–water partition coefficient (Wildman–Crippen LogP) is -2.85. The normalized spacial score (nSPS) is 15.7. The van der Waals surface area contributed by atoms with Gasteiger partial charge in [-0.15, -0.1) is 0 Å². The molecule has 0 amide bonds. The first kappa shape index (κ1) is 9.02. The van der Waals surface area contributed by atoms with Crippen LogP contribution in [-0.4, -0.2) is 40.6 Å². The summed E-state index contributed by atoms with van der Waals surface area (Å²) in [6.45, 7) is 0.123. The number of aliphatic hydroxyl groups is 1. The summed E-state index contributed by atoms with van der Waals surface area (Å²) in [6.07, 6.45) is 0.00965. The van der Waals surface area contributed by atoms with Gasteiger partial charge in [-0.1, -0.05) is 0 Å². The molecule has 0 fully saturated rings. The van der Waals surface area contributed by atoms with Crippen LogP contribution in [0.1, 0.15) is 6.42 Å². The van der Waals surface area contributed by atoms with Gasteiger partial charge in [0, 0.05) is 0 Å². The lowest BCUT2D eigenvalue weighted by Crippen LogP contribution is -2.49. The molecule has 0 saturated carbocycles. The molecule has 1 atom stereocenters. The molecule has 0 bridgehead atoms. The minimum atomic E-state index is -4.31. The fourth-order valence-corrected chi connectivity index (χ4v) is 0.905. The van der Waals surface area contributed by atoms with Gasteiger partial charge in [-0.3, -0.25) is 0 Å². The lowest BCUT2D eigenvalue weighted by Gasteiger charge is -2.15. The van der Waals surface area contributed by atoms with Crippen molar-refractivity contribution in [1.29, 1.82) is 0 Å². The van der Waals surface area contributed by atoms with Crippen LogP contribution < -0.4 is 5.73 Å². The molecule has 9 heavy (non-hydrogen) atoms. The van der Waals surface area contributed by atoms with E-state index in [1.54, 1.807) is 0 Å². The van der Waals surface area contributed by atoms with Gasteiger partial charge in [-0.25, -0.2) is 0 Å². The summed E-state index contributed by atoms with van der Waals surface area (Å²) in [5.74, 6) is 0. The SMILES string of the molecule is NCCC(O)[Si](O)(O)O. The third kappa shape index (κ3) is 3.57. The van der Waals surface area contributed by atoms with Crippen molar-refractivity contribution in [3.63, 3.8) is 0 Å². The molecule has 0 aromatic carbocycles. The smallest absolute Gasteiger partial charge is 0.389 e. The fraction of sp³-hybridized carbons (Fsp3) is 1.00. The van der Waals surface area contributed by atoms with Gasteiger partial charge in [0.25, 0.3) is 0 Å². The van der Waals surface area contributed by atoms with Crippen LogP contribution in [0.15, 0.2) is 0 Å². The highest BCUT2D eigenvalue weighted by atomic mass is 28.4. The third-order valence-corrected chi connectivity index (χ3v) is 2.07. The first-order valence-electron chi connectivity index (χ1n) is 2.53. The standard InChI is InChI=1S/C3H11NO4Si/c4-2-1-3(5)9(6,7)8/h3,5-8H,1-2,4H2. The highest BCUT2D eigenvalue weighted by Gasteiger charge is 2.36. The Hall–Kier alpha value is 0.0169. The zero-order chi connectivity index (χ0) is 7.49. The van der Waals surface area contributed by atoms with Gasteiger partial charge in [-0.2, -0.15) is 0 Å². The maximum Gasteiger partial charge on any atom is 0.523 e. The maximum atomic E-state index is 8.62. The van der Waals surface area contributed by atoms with Crippen LogP contribution >= 0.6 is 0 Å². The van der Waals surface area contributed by atoms with E-state index in [2.05, 4.69) is 0 Å². The van der Waals surface area contributed by atoms with Gasteiger partial charge >= 0.3 is 8.80 Å². The molecule has 0 aromatic rings. The van der Waals surface area contributed by atoms with Crippen LogP contribution in [0.4, 0.5) is 0 Å². The average Bonchev–Trinajstić information content (AvgIpc) is 1.64. The minimum absolute atomic E-state index is 0.00965. The molecule has 0 spiro atoms. The molecule has 0 rings (SSSR count). The van der Waals surface area contributed by atoms with Crippen LogP contribution in [-0.2, 0) is 0 Å². The van der Waals surface area contributed by atoms with E-state index in [0.717, 1.165) is 0 Å².